The van der Waals surface area contributed by atoms with Crippen LogP contribution in [0.5, 0.6) is 0 Å². The minimum Gasteiger partial charge on any atom is -0.384 e. The Kier molecular flexibility index (Phi) is 0.855. The van der Waals surface area contributed by atoms with Crippen molar-refractivity contribution in [2.45, 2.75) is 13.3 Å². The summed E-state index contributed by atoms with van der Waals surface area (Å²) in [5, 5.41) is 0. The molecular weight excluding hydrogens is 88.1 g/mol. The van der Waals surface area contributed by atoms with Crippen molar-refractivity contribution in [1.82, 2.24) is 0 Å². The summed E-state index contributed by atoms with van der Waals surface area (Å²) in [7, 11) is 0. The molecule has 38 valence electrons. The number of nitrogens with zero attached hydrogens (tertiary/aromatic N) is 1. The van der Waals surface area contributed by atoms with Gasteiger partial charge in [0.15, 0.2) is 0 Å². The second kappa shape index (κ2) is 1.37. The molecule has 0 aromatic heterocycles. The molecule has 0 spiro atoms. The summed E-state index contributed by atoms with van der Waals surface area (Å²) in [6, 6.07) is 0. The average Bonchev–Trinajstić information content (AvgIpc) is 1.91. The Labute approximate surface area is 42.7 Å². The van der Waals surface area contributed by atoms with Gasteiger partial charge in [-0.25, -0.2) is 4.99 Å². The van der Waals surface area contributed by atoms with E-state index in [0.29, 0.717) is 5.82 Å². The third-order valence-corrected chi connectivity index (χ3v) is 1.07. The maximum absolute atomic E-state index is 5.36. The number of aliphatic imine (C=N–C) groups is 1. The van der Waals surface area contributed by atoms with E-state index in [2.05, 4.69) is 4.99 Å². The van der Waals surface area contributed by atoms with Crippen LogP contribution in [0.3, 0.4) is 0 Å². The van der Waals surface area contributed by atoms with Crippen molar-refractivity contribution < 1.29 is 0 Å². The van der Waals surface area contributed by atoms with Crippen LogP contribution >= 0.6 is 0 Å². The normalized spacial score (nSPS) is 19.0. The maximum Gasteiger partial charge on any atom is 0.122 e. The lowest BCUT2D eigenvalue weighted by Crippen LogP contribution is -1.91. The number of rotatable bonds is 0. The molecule has 0 aromatic carbocycles. The van der Waals surface area contributed by atoms with Gasteiger partial charge in [-0.1, -0.05) is 0 Å². The summed E-state index contributed by atoms with van der Waals surface area (Å²) >= 11 is 0. The van der Waals surface area contributed by atoms with E-state index in [4.69, 9.17) is 5.73 Å². The molecule has 7 heavy (non-hydrogen) atoms. The molecule has 0 saturated heterocycles. The van der Waals surface area contributed by atoms with E-state index < -0.39 is 0 Å². The monoisotopic (exact) mass is 96.1 g/mol. The molecular formula is C5H8N2. The molecule has 2 nitrogen and oxygen atoms in total. The summed E-state index contributed by atoms with van der Waals surface area (Å²) in [5.74, 6) is 0.694. The first kappa shape index (κ1) is 4.37. The van der Waals surface area contributed by atoms with Gasteiger partial charge >= 0.3 is 0 Å². The van der Waals surface area contributed by atoms with E-state index in [-0.39, 0.29) is 0 Å². The fourth-order valence-electron chi connectivity index (χ4n) is 0.496. The van der Waals surface area contributed by atoms with Crippen LogP contribution in [0.15, 0.2) is 16.4 Å². The molecule has 0 aromatic rings. The van der Waals surface area contributed by atoms with Crippen LogP contribution in [-0.4, -0.2) is 6.21 Å². The van der Waals surface area contributed by atoms with Gasteiger partial charge in [-0.15, -0.1) is 0 Å². The molecule has 0 aliphatic carbocycles. The lowest BCUT2D eigenvalue weighted by atomic mass is 10.3. The molecule has 1 rings (SSSR count). The SMILES string of the molecule is CC1=C(N)N=CC1. The molecule has 2 heteroatoms. The summed E-state index contributed by atoms with van der Waals surface area (Å²) < 4.78 is 0. The van der Waals surface area contributed by atoms with Crippen molar-refractivity contribution in [2.75, 3.05) is 0 Å². The zero-order valence-corrected chi connectivity index (χ0v) is 4.31. The molecule has 0 radical (unpaired) electrons. The van der Waals surface area contributed by atoms with Crippen molar-refractivity contribution in [3.63, 3.8) is 0 Å². The van der Waals surface area contributed by atoms with Crippen LogP contribution in [0.4, 0.5) is 0 Å². The highest BCUT2D eigenvalue weighted by molar-refractivity contribution is 5.66. The van der Waals surface area contributed by atoms with Gasteiger partial charge in [-0.3, -0.25) is 0 Å². The first-order valence-corrected chi connectivity index (χ1v) is 2.28. The Morgan fingerprint density at radius 3 is 2.71 bits per heavy atom. The number of hydrogen-bond acceptors (Lipinski definition) is 2. The summed E-state index contributed by atoms with van der Waals surface area (Å²) in [4.78, 5) is 3.85. The predicted molar refractivity (Wildman–Crippen MR) is 30.0 cm³/mol. The van der Waals surface area contributed by atoms with E-state index in [9.17, 15) is 0 Å². The summed E-state index contributed by atoms with van der Waals surface area (Å²) in [5.41, 5.74) is 6.54. The van der Waals surface area contributed by atoms with Gasteiger partial charge < -0.3 is 5.73 Å². The van der Waals surface area contributed by atoms with Gasteiger partial charge in [0.05, 0.1) is 0 Å². The predicted octanol–water partition coefficient (Wildman–Crippen LogP) is 0.651. The summed E-state index contributed by atoms with van der Waals surface area (Å²) in [6.07, 6.45) is 2.76. The largest absolute Gasteiger partial charge is 0.384 e. The standard InChI is InChI=1S/C5H8N2/c1-4-2-3-7-5(4)6/h3H,2,6H2,1H3. The molecule has 0 saturated carbocycles. The molecule has 1 heterocycles. The number of nitrogens with two attached hydrogens (primary N) is 1. The minimum absolute atomic E-state index is 0.694. The highest BCUT2D eigenvalue weighted by Gasteiger charge is 1.98. The van der Waals surface area contributed by atoms with Crippen molar-refractivity contribution in [3.05, 3.63) is 11.4 Å². The van der Waals surface area contributed by atoms with Crippen LogP contribution < -0.4 is 5.73 Å². The Morgan fingerprint density at radius 2 is 2.57 bits per heavy atom. The molecule has 1 aliphatic heterocycles. The molecule has 0 fully saturated rings. The summed E-state index contributed by atoms with van der Waals surface area (Å²) in [6.45, 7) is 1.99. The van der Waals surface area contributed by atoms with Crippen LogP contribution in [-0.2, 0) is 0 Å². The van der Waals surface area contributed by atoms with Gasteiger partial charge in [0.2, 0.25) is 0 Å². The maximum atomic E-state index is 5.36. The van der Waals surface area contributed by atoms with Crippen LogP contribution in [0.1, 0.15) is 13.3 Å². The van der Waals surface area contributed by atoms with Crippen LogP contribution in [0, 0.1) is 0 Å². The topological polar surface area (TPSA) is 38.4 Å². The lowest BCUT2D eigenvalue weighted by molar-refractivity contribution is 1.18. The zero-order valence-electron chi connectivity index (χ0n) is 4.31. The first-order valence-electron chi connectivity index (χ1n) is 2.28. The molecule has 0 unspecified atom stereocenters. The number of hydrogen-bond donors (Lipinski definition) is 1. The van der Waals surface area contributed by atoms with Gasteiger partial charge in [0.25, 0.3) is 0 Å². The smallest absolute Gasteiger partial charge is 0.122 e. The van der Waals surface area contributed by atoms with E-state index in [1.54, 1.807) is 0 Å². The van der Waals surface area contributed by atoms with Gasteiger partial charge in [-0.2, -0.15) is 0 Å². The Bertz CT molecular complexity index is 133. The van der Waals surface area contributed by atoms with E-state index in [1.165, 1.54) is 5.57 Å². The van der Waals surface area contributed by atoms with E-state index in [0.717, 1.165) is 6.42 Å². The van der Waals surface area contributed by atoms with E-state index >= 15 is 0 Å². The Balaban J connectivity index is 2.79. The van der Waals surface area contributed by atoms with Crippen molar-refractivity contribution in [2.24, 2.45) is 10.7 Å². The highest BCUT2D eigenvalue weighted by atomic mass is 14.9. The second-order valence-corrected chi connectivity index (χ2v) is 1.68. The molecule has 0 amide bonds. The molecule has 1 aliphatic rings. The number of allylic oxidation sites excluding steroid dienone is 1. The highest BCUT2D eigenvalue weighted by Crippen LogP contribution is 2.08. The minimum atomic E-state index is 0.694. The average molecular weight is 96.1 g/mol. The fraction of sp³-hybridized carbons (Fsp3) is 0.400. The molecule has 0 atom stereocenters. The molecule has 0 bridgehead atoms. The first-order chi connectivity index (χ1) is 3.30. The van der Waals surface area contributed by atoms with E-state index in [1.807, 2.05) is 13.1 Å². The Hall–Kier alpha value is -0.790. The van der Waals surface area contributed by atoms with Crippen molar-refractivity contribution >= 4 is 6.21 Å². The Morgan fingerprint density at radius 1 is 1.86 bits per heavy atom. The third-order valence-electron chi connectivity index (χ3n) is 1.07. The quantitative estimate of drug-likeness (QED) is 0.472. The third kappa shape index (κ3) is 0.633. The fourth-order valence-corrected chi connectivity index (χ4v) is 0.496. The lowest BCUT2D eigenvalue weighted by Gasteiger charge is -1.86. The second-order valence-electron chi connectivity index (χ2n) is 1.68. The van der Waals surface area contributed by atoms with Crippen molar-refractivity contribution in [1.29, 1.82) is 0 Å². The van der Waals surface area contributed by atoms with Crippen LogP contribution in [0.2, 0.25) is 0 Å². The van der Waals surface area contributed by atoms with Crippen molar-refractivity contribution in [3.8, 4) is 0 Å². The van der Waals surface area contributed by atoms with Gasteiger partial charge in [-0.05, 0) is 12.5 Å². The molecule has 2 N–H and O–H groups in total. The van der Waals surface area contributed by atoms with Crippen LogP contribution in [0.25, 0.3) is 0 Å². The van der Waals surface area contributed by atoms with Gasteiger partial charge in [0, 0.05) is 12.6 Å². The van der Waals surface area contributed by atoms with Gasteiger partial charge in [0.1, 0.15) is 5.82 Å². The zero-order chi connectivity index (χ0) is 5.28.